The van der Waals surface area contributed by atoms with E-state index in [0.29, 0.717) is 18.2 Å². The second-order valence-electron chi connectivity index (χ2n) is 4.39. The number of methoxy groups -OCH3 is 2. The molecule has 2 aromatic rings. The smallest absolute Gasteiger partial charge is 0.229 e. The van der Waals surface area contributed by atoms with Crippen molar-refractivity contribution in [3.63, 3.8) is 0 Å². The maximum absolute atomic E-state index is 5.53. The second kappa shape index (κ2) is 6.96. The number of hydrogen-bond acceptors (Lipinski definition) is 5. The maximum Gasteiger partial charge on any atom is 0.229 e. The largest absolute Gasteiger partial charge is 0.497 e. The van der Waals surface area contributed by atoms with Crippen molar-refractivity contribution in [3.05, 3.63) is 30.2 Å². The highest BCUT2D eigenvalue weighted by molar-refractivity contribution is 5.64. The normalized spacial score (nSPS) is 10.6. The number of oxazole rings is 1. The van der Waals surface area contributed by atoms with Crippen LogP contribution >= 0.6 is 0 Å². The molecule has 108 valence electrons. The molecule has 0 aliphatic heterocycles. The highest BCUT2D eigenvalue weighted by atomic mass is 16.5. The lowest BCUT2D eigenvalue weighted by molar-refractivity contribution is 0.394. The van der Waals surface area contributed by atoms with Crippen molar-refractivity contribution in [2.75, 3.05) is 20.8 Å². The van der Waals surface area contributed by atoms with Crippen LogP contribution in [0.3, 0.4) is 0 Å². The Morgan fingerprint density at radius 3 is 2.80 bits per heavy atom. The molecule has 0 fully saturated rings. The van der Waals surface area contributed by atoms with Crippen LogP contribution in [0.25, 0.3) is 11.5 Å². The van der Waals surface area contributed by atoms with E-state index < -0.39 is 0 Å². The predicted molar refractivity (Wildman–Crippen MR) is 77.0 cm³/mol. The van der Waals surface area contributed by atoms with Crippen molar-refractivity contribution in [3.8, 4) is 23.0 Å². The van der Waals surface area contributed by atoms with E-state index in [1.807, 2.05) is 18.2 Å². The van der Waals surface area contributed by atoms with Crippen molar-refractivity contribution in [2.45, 2.75) is 19.9 Å². The molecular weight excluding hydrogens is 256 g/mol. The number of benzene rings is 1. The lowest BCUT2D eigenvalue weighted by Crippen LogP contribution is -2.13. The lowest BCUT2D eigenvalue weighted by Gasteiger charge is -2.07. The molecule has 1 heterocycles. The molecule has 0 aliphatic carbocycles. The molecule has 0 radical (unpaired) electrons. The molecule has 0 atom stereocenters. The third kappa shape index (κ3) is 3.30. The van der Waals surface area contributed by atoms with E-state index >= 15 is 0 Å². The molecule has 0 amide bonds. The average Bonchev–Trinajstić information content (AvgIpc) is 2.95. The summed E-state index contributed by atoms with van der Waals surface area (Å²) in [6.07, 6.45) is 2.76. The van der Waals surface area contributed by atoms with Gasteiger partial charge in [-0.1, -0.05) is 6.92 Å². The molecule has 0 saturated heterocycles. The van der Waals surface area contributed by atoms with E-state index in [1.54, 1.807) is 20.5 Å². The highest BCUT2D eigenvalue weighted by Crippen LogP contribution is 2.32. The lowest BCUT2D eigenvalue weighted by atomic mass is 10.2. The van der Waals surface area contributed by atoms with Gasteiger partial charge in [0.05, 0.1) is 25.5 Å². The number of ether oxygens (including phenoxy) is 2. The van der Waals surface area contributed by atoms with Gasteiger partial charge in [-0.25, -0.2) is 4.98 Å². The quantitative estimate of drug-likeness (QED) is 0.788. The zero-order chi connectivity index (χ0) is 14.4. The molecule has 1 N–H and O–H groups in total. The molecule has 0 unspecified atom stereocenters. The average molecular weight is 276 g/mol. The minimum Gasteiger partial charge on any atom is -0.497 e. The van der Waals surface area contributed by atoms with E-state index in [-0.39, 0.29) is 0 Å². The van der Waals surface area contributed by atoms with Crippen LogP contribution in [0, 0.1) is 0 Å². The van der Waals surface area contributed by atoms with Gasteiger partial charge in [-0.05, 0) is 25.1 Å². The standard InChI is InChI=1S/C15H20N2O3/c1-4-7-16-9-11-10-20-15(17-11)13-6-5-12(18-2)8-14(13)19-3/h5-6,8,10,16H,4,7,9H2,1-3H3. The topological polar surface area (TPSA) is 56.5 Å². The van der Waals surface area contributed by atoms with Crippen LogP contribution in [0.1, 0.15) is 19.0 Å². The third-order valence-corrected chi connectivity index (χ3v) is 2.92. The number of nitrogens with one attached hydrogen (secondary N) is 1. The summed E-state index contributed by atoms with van der Waals surface area (Å²) in [5.41, 5.74) is 1.70. The Labute approximate surface area is 118 Å². The van der Waals surface area contributed by atoms with Crippen molar-refractivity contribution in [1.29, 1.82) is 0 Å². The number of aromatic nitrogens is 1. The zero-order valence-corrected chi connectivity index (χ0v) is 12.1. The predicted octanol–water partition coefficient (Wildman–Crippen LogP) is 2.86. The van der Waals surface area contributed by atoms with E-state index in [2.05, 4.69) is 17.2 Å². The summed E-state index contributed by atoms with van der Waals surface area (Å²) >= 11 is 0. The summed E-state index contributed by atoms with van der Waals surface area (Å²) in [5, 5.41) is 3.29. The summed E-state index contributed by atoms with van der Waals surface area (Å²) in [5.74, 6) is 1.97. The van der Waals surface area contributed by atoms with Crippen LogP contribution in [-0.2, 0) is 6.54 Å². The van der Waals surface area contributed by atoms with Crippen molar-refractivity contribution in [1.82, 2.24) is 10.3 Å². The molecule has 1 aromatic carbocycles. The van der Waals surface area contributed by atoms with Crippen LogP contribution in [0.15, 0.2) is 28.9 Å². The molecule has 5 heteroatoms. The van der Waals surface area contributed by atoms with Gasteiger partial charge >= 0.3 is 0 Å². The van der Waals surface area contributed by atoms with Gasteiger partial charge in [0.2, 0.25) is 5.89 Å². The first-order valence-corrected chi connectivity index (χ1v) is 6.66. The fourth-order valence-electron chi connectivity index (χ4n) is 1.88. The van der Waals surface area contributed by atoms with Crippen LogP contribution in [0.2, 0.25) is 0 Å². The summed E-state index contributed by atoms with van der Waals surface area (Å²) in [4.78, 5) is 4.47. The molecule has 0 aliphatic rings. The molecular formula is C15H20N2O3. The third-order valence-electron chi connectivity index (χ3n) is 2.92. The van der Waals surface area contributed by atoms with Crippen molar-refractivity contribution >= 4 is 0 Å². The number of nitrogens with zero attached hydrogens (tertiary/aromatic N) is 1. The summed E-state index contributed by atoms with van der Waals surface area (Å²) in [7, 11) is 3.24. The minimum atomic E-state index is 0.554. The van der Waals surface area contributed by atoms with E-state index in [1.165, 1.54) is 0 Å². The van der Waals surface area contributed by atoms with Crippen LogP contribution < -0.4 is 14.8 Å². The highest BCUT2D eigenvalue weighted by Gasteiger charge is 2.13. The minimum absolute atomic E-state index is 0.554. The van der Waals surface area contributed by atoms with Gasteiger partial charge in [0, 0.05) is 12.6 Å². The molecule has 1 aromatic heterocycles. The second-order valence-corrected chi connectivity index (χ2v) is 4.39. The molecule has 2 rings (SSSR count). The fourth-order valence-corrected chi connectivity index (χ4v) is 1.88. The first-order valence-electron chi connectivity index (χ1n) is 6.66. The van der Waals surface area contributed by atoms with Gasteiger partial charge in [0.1, 0.15) is 17.8 Å². The van der Waals surface area contributed by atoms with Crippen LogP contribution in [0.4, 0.5) is 0 Å². The van der Waals surface area contributed by atoms with Gasteiger partial charge < -0.3 is 19.2 Å². The van der Waals surface area contributed by atoms with Gasteiger partial charge in [0.15, 0.2) is 0 Å². The molecule has 0 bridgehead atoms. The SMILES string of the molecule is CCCNCc1coc(-c2ccc(OC)cc2OC)n1. The van der Waals surface area contributed by atoms with Crippen molar-refractivity contribution < 1.29 is 13.9 Å². The van der Waals surface area contributed by atoms with E-state index in [9.17, 15) is 0 Å². The monoisotopic (exact) mass is 276 g/mol. The summed E-state index contributed by atoms with van der Waals surface area (Å²) < 4.78 is 16.1. The van der Waals surface area contributed by atoms with Crippen molar-refractivity contribution in [2.24, 2.45) is 0 Å². The zero-order valence-electron chi connectivity index (χ0n) is 12.1. The number of hydrogen-bond donors (Lipinski definition) is 1. The Kier molecular flexibility index (Phi) is 5.01. The van der Waals surface area contributed by atoms with Gasteiger partial charge in [-0.2, -0.15) is 0 Å². The van der Waals surface area contributed by atoms with Crippen LogP contribution in [-0.4, -0.2) is 25.7 Å². The van der Waals surface area contributed by atoms with Gasteiger partial charge in [-0.15, -0.1) is 0 Å². The Morgan fingerprint density at radius 2 is 2.10 bits per heavy atom. The first-order chi connectivity index (χ1) is 9.78. The Morgan fingerprint density at radius 1 is 1.25 bits per heavy atom. The van der Waals surface area contributed by atoms with Gasteiger partial charge in [-0.3, -0.25) is 0 Å². The number of rotatable bonds is 7. The summed E-state index contributed by atoms with van der Waals surface area (Å²) in [6, 6.07) is 5.55. The van der Waals surface area contributed by atoms with E-state index in [4.69, 9.17) is 13.9 Å². The fraction of sp³-hybridized carbons (Fsp3) is 0.400. The maximum atomic E-state index is 5.53. The van der Waals surface area contributed by atoms with Gasteiger partial charge in [0.25, 0.3) is 0 Å². The molecule has 20 heavy (non-hydrogen) atoms. The Bertz CT molecular complexity index is 552. The Hall–Kier alpha value is -2.01. The van der Waals surface area contributed by atoms with E-state index in [0.717, 1.165) is 30.0 Å². The molecule has 0 spiro atoms. The molecule has 5 nitrogen and oxygen atoms in total. The van der Waals surface area contributed by atoms with Crippen LogP contribution in [0.5, 0.6) is 11.5 Å². The summed E-state index contributed by atoms with van der Waals surface area (Å²) in [6.45, 7) is 3.80. The first kappa shape index (κ1) is 14.4. The Balaban J connectivity index is 2.18. The molecule has 0 saturated carbocycles.